The third-order valence-electron chi connectivity index (χ3n) is 5.36. The minimum absolute atomic E-state index is 0.325. The molecule has 0 saturated carbocycles. The molecule has 140 valence electrons. The molecule has 3 nitrogen and oxygen atoms in total. The van der Waals surface area contributed by atoms with E-state index in [1.54, 1.807) is 0 Å². The summed E-state index contributed by atoms with van der Waals surface area (Å²) >= 11 is 0. The van der Waals surface area contributed by atoms with Crippen LogP contribution >= 0.6 is 0 Å². The highest BCUT2D eigenvalue weighted by Crippen LogP contribution is 2.38. The van der Waals surface area contributed by atoms with Crippen molar-refractivity contribution in [3.8, 4) is 0 Å². The quantitative estimate of drug-likeness (QED) is 0.574. The highest BCUT2D eigenvalue weighted by molar-refractivity contribution is 6.08. The van der Waals surface area contributed by atoms with Crippen LogP contribution in [0.1, 0.15) is 50.7 Å². The van der Waals surface area contributed by atoms with Crippen molar-refractivity contribution < 1.29 is 9.53 Å². The van der Waals surface area contributed by atoms with Crippen LogP contribution in [-0.2, 0) is 11.2 Å². The molecule has 3 aromatic rings. The molecule has 0 bridgehead atoms. The maximum Gasteiger partial charge on any atom is 0.407 e. The molecule has 1 aliphatic rings. The molecule has 0 fully saturated rings. The molecular formula is C24H27NO2. The van der Waals surface area contributed by atoms with Crippen LogP contribution < -0.4 is 5.32 Å². The SMILES string of the molecule is CC(C)(C)OC(=O)NCC1CCCc2ccc3c(ccc4ccccc43)c21. The van der Waals surface area contributed by atoms with E-state index in [2.05, 4.69) is 53.8 Å². The molecule has 27 heavy (non-hydrogen) atoms. The third-order valence-corrected chi connectivity index (χ3v) is 5.36. The lowest BCUT2D eigenvalue weighted by atomic mass is 9.79. The molecule has 1 N–H and O–H groups in total. The lowest BCUT2D eigenvalue weighted by Crippen LogP contribution is -2.35. The fourth-order valence-electron chi connectivity index (χ4n) is 4.26. The van der Waals surface area contributed by atoms with Gasteiger partial charge in [-0.05, 0) is 72.7 Å². The Kier molecular flexibility index (Phi) is 4.55. The Morgan fingerprint density at radius 3 is 2.63 bits per heavy atom. The predicted molar refractivity (Wildman–Crippen MR) is 111 cm³/mol. The number of nitrogens with one attached hydrogen (secondary N) is 1. The fraction of sp³-hybridized carbons (Fsp3) is 0.375. The Balaban J connectivity index is 1.69. The molecule has 1 unspecified atom stereocenters. The van der Waals surface area contributed by atoms with E-state index in [1.807, 2.05) is 20.8 Å². The summed E-state index contributed by atoms with van der Waals surface area (Å²) in [7, 11) is 0. The summed E-state index contributed by atoms with van der Waals surface area (Å²) in [5.41, 5.74) is 2.35. The number of benzene rings is 3. The summed E-state index contributed by atoms with van der Waals surface area (Å²) in [6, 6.07) is 17.6. The zero-order valence-corrected chi connectivity index (χ0v) is 16.3. The van der Waals surface area contributed by atoms with Crippen molar-refractivity contribution in [3.05, 3.63) is 59.7 Å². The second-order valence-corrected chi connectivity index (χ2v) is 8.49. The molecule has 1 aliphatic carbocycles. The standard InChI is InChI=1S/C24H27NO2/c1-24(2,3)27-23(26)25-15-18-9-6-8-17-12-13-20-19-10-5-4-7-16(19)11-14-21(20)22(17)18/h4-5,7,10-14,18H,6,8-9,15H2,1-3H3,(H,25,26). The number of hydrogen-bond acceptors (Lipinski definition) is 2. The van der Waals surface area contributed by atoms with Crippen molar-refractivity contribution in [1.29, 1.82) is 0 Å². The number of hydrogen-bond donors (Lipinski definition) is 1. The summed E-state index contributed by atoms with van der Waals surface area (Å²) in [6.45, 7) is 6.29. The van der Waals surface area contributed by atoms with E-state index in [4.69, 9.17) is 4.74 Å². The van der Waals surface area contributed by atoms with Crippen molar-refractivity contribution in [3.63, 3.8) is 0 Å². The van der Waals surface area contributed by atoms with Gasteiger partial charge in [-0.1, -0.05) is 48.5 Å². The first kappa shape index (κ1) is 17.8. The summed E-state index contributed by atoms with van der Waals surface area (Å²) < 4.78 is 5.41. The number of amides is 1. The molecule has 0 aromatic heterocycles. The molecule has 0 aliphatic heterocycles. The number of ether oxygens (including phenoxy) is 1. The van der Waals surface area contributed by atoms with Crippen molar-refractivity contribution in [1.82, 2.24) is 5.32 Å². The second kappa shape index (κ2) is 6.88. The van der Waals surface area contributed by atoms with E-state index < -0.39 is 5.60 Å². The van der Waals surface area contributed by atoms with Gasteiger partial charge in [-0.2, -0.15) is 0 Å². The van der Waals surface area contributed by atoms with Crippen LogP contribution in [0.3, 0.4) is 0 Å². The first-order valence-corrected chi connectivity index (χ1v) is 9.82. The molecule has 4 rings (SSSR count). The van der Waals surface area contributed by atoms with Crippen molar-refractivity contribution in [2.24, 2.45) is 0 Å². The molecule has 3 heteroatoms. The minimum atomic E-state index is -0.472. The lowest BCUT2D eigenvalue weighted by Gasteiger charge is -2.28. The van der Waals surface area contributed by atoms with Crippen molar-refractivity contribution >= 4 is 27.6 Å². The summed E-state index contributed by atoms with van der Waals surface area (Å²) in [5.74, 6) is 0.325. The topological polar surface area (TPSA) is 38.3 Å². The van der Waals surface area contributed by atoms with Crippen LogP contribution in [0.25, 0.3) is 21.5 Å². The third kappa shape index (κ3) is 3.64. The first-order chi connectivity index (χ1) is 12.9. The van der Waals surface area contributed by atoms with Crippen LogP contribution in [0.15, 0.2) is 48.5 Å². The molecule has 1 atom stereocenters. The number of aryl methyl sites for hydroxylation is 1. The van der Waals surface area contributed by atoms with Crippen LogP contribution in [0.5, 0.6) is 0 Å². The molecule has 3 aromatic carbocycles. The zero-order valence-electron chi connectivity index (χ0n) is 16.3. The molecule has 0 heterocycles. The van der Waals surface area contributed by atoms with E-state index >= 15 is 0 Å². The molecule has 0 radical (unpaired) electrons. The summed E-state index contributed by atoms with van der Waals surface area (Å²) in [5, 5.41) is 8.18. The Hall–Kier alpha value is -2.55. The summed E-state index contributed by atoms with van der Waals surface area (Å²) in [6.07, 6.45) is 3.03. The van der Waals surface area contributed by atoms with E-state index in [-0.39, 0.29) is 6.09 Å². The fourth-order valence-corrected chi connectivity index (χ4v) is 4.26. The minimum Gasteiger partial charge on any atom is -0.444 e. The Morgan fingerprint density at radius 2 is 1.81 bits per heavy atom. The monoisotopic (exact) mass is 361 g/mol. The van der Waals surface area contributed by atoms with Crippen LogP contribution in [-0.4, -0.2) is 18.2 Å². The maximum absolute atomic E-state index is 12.1. The van der Waals surface area contributed by atoms with Gasteiger partial charge < -0.3 is 10.1 Å². The van der Waals surface area contributed by atoms with Gasteiger partial charge in [0.1, 0.15) is 5.60 Å². The van der Waals surface area contributed by atoms with Gasteiger partial charge in [0.2, 0.25) is 0 Å². The second-order valence-electron chi connectivity index (χ2n) is 8.49. The van der Waals surface area contributed by atoms with Crippen LogP contribution in [0.4, 0.5) is 4.79 Å². The van der Waals surface area contributed by atoms with Crippen LogP contribution in [0, 0.1) is 0 Å². The van der Waals surface area contributed by atoms with Gasteiger partial charge in [0.25, 0.3) is 0 Å². The van der Waals surface area contributed by atoms with Gasteiger partial charge in [-0.3, -0.25) is 0 Å². The normalized spacial score (nSPS) is 16.9. The van der Waals surface area contributed by atoms with Gasteiger partial charge in [-0.25, -0.2) is 4.79 Å². The largest absolute Gasteiger partial charge is 0.444 e. The van der Waals surface area contributed by atoms with Crippen molar-refractivity contribution in [2.75, 3.05) is 6.54 Å². The smallest absolute Gasteiger partial charge is 0.407 e. The highest BCUT2D eigenvalue weighted by Gasteiger charge is 2.24. The van der Waals surface area contributed by atoms with E-state index in [9.17, 15) is 4.79 Å². The molecule has 0 spiro atoms. The number of carbonyl (C=O) groups is 1. The molecule has 1 amide bonds. The van der Waals surface area contributed by atoms with E-state index in [1.165, 1.54) is 32.7 Å². The number of rotatable bonds is 2. The predicted octanol–water partition coefficient (Wildman–Crippen LogP) is 5.94. The average Bonchev–Trinajstić information content (AvgIpc) is 2.64. The summed E-state index contributed by atoms with van der Waals surface area (Å²) in [4.78, 5) is 12.1. The molecular weight excluding hydrogens is 334 g/mol. The number of fused-ring (bicyclic) bond motifs is 5. The Bertz CT molecular complexity index is 1000. The van der Waals surface area contributed by atoms with Gasteiger partial charge in [0.15, 0.2) is 0 Å². The number of alkyl carbamates (subject to hydrolysis) is 1. The van der Waals surface area contributed by atoms with Gasteiger partial charge in [0.05, 0.1) is 0 Å². The first-order valence-electron chi connectivity index (χ1n) is 9.82. The van der Waals surface area contributed by atoms with E-state index in [0.717, 1.165) is 19.3 Å². The van der Waals surface area contributed by atoms with Gasteiger partial charge in [0, 0.05) is 12.5 Å². The highest BCUT2D eigenvalue weighted by atomic mass is 16.6. The van der Waals surface area contributed by atoms with E-state index in [0.29, 0.717) is 12.5 Å². The maximum atomic E-state index is 12.1. The van der Waals surface area contributed by atoms with Gasteiger partial charge in [-0.15, -0.1) is 0 Å². The molecule has 0 saturated heterocycles. The average molecular weight is 361 g/mol. The Labute approximate surface area is 160 Å². The van der Waals surface area contributed by atoms with Crippen LogP contribution in [0.2, 0.25) is 0 Å². The van der Waals surface area contributed by atoms with Crippen molar-refractivity contribution in [2.45, 2.75) is 51.6 Å². The zero-order chi connectivity index (χ0) is 19.0. The lowest BCUT2D eigenvalue weighted by molar-refractivity contribution is 0.0523. The number of carbonyl (C=O) groups excluding carboxylic acids is 1. The van der Waals surface area contributed by atoms with Gasteiger partial charge >= 0.3 is 6.09 Å². The Morgan fingerprint density at radius 1 is 1.04 bits per heavy atom.